The zero-order valence-electron chi connectivity index (χ0n) is 11.8. The van der Waals surface area contributed by atoms with Crippen LogP contribution in [0, 0.1) is 0 Å². The van der Waals surface area contributed by atoms with E-state index in [4.69, 9.17) is 9.47 Å². The van der Waals surface area contributed by atoms with Gasteiger partial charge in [0.1, 0.15) is 0 Å². The Bertz CT molecular complexity index is 529. The highest BCUT2D eigenvalue weighted by atomic mass is 16.5. The van der Waals surface area contributed by atoms with Gasteiger partial charge in [0.2, 0.25) is 5.88 Å². The molecule has 0 aliphatic heterocycles. The van der Waals surface area contributed by atoms with Crippen molar-refractivity contribution in [3.8, 4) is 11.6 Å². The first-order valence-electron chi connectivity index (χ1n) is 6.64. The highest BCUT2D eigenvalue weighted by Gasteiger charge is 2.04. The Morgan fingerprint density at radius 3 is 2.80 bits per heavy atom. The molecule has 2 heterocycles. The van der Waals surface area contributed by atoms with E-state index in [0.717, 1.165) is 23.6 Å². The van der Waals surface area contributed by atoms with Gasteiger partial charge in [-0.25, -0.2) is 9.97 Å². The van der Waals surface area contributed by atoms with Gasteiger partial charge < -0.3 is 14.8 Å². The molecule has 0 unspecified atom stereocenters. The van der Waals surface area contributed by atoms with Gasteiger partial charge in [-0.05, 0) is 24.1 Å². The van der Waals surface area contributed by atoms with Gasteiger partial charge in [0.25, 0.3) is 0 Å². The van der Waals surface area contributed by atoms with E-state index in [0.29, 0.717) is 19.0 Å². The van der Waals surface area contributed by atoms with Crippen LogP contribution in [0.25, 0.3) is 0 Å². The van der Waals surface area contributed by atoms with Gasteiger partial charge in [0.05, 0.1) is 13.7 Å². The smallest absolute Gasteiger partial charge is 0.212 e. The van der Waals surface area contributed by atoms with Gasteiger partial charge in [0.15, 0.2) is 11.6 Å². The number of anilines is 1. The minimum atomic E-state index is 0.610. The second-order valence-electron chi connectivity index (χ2n) is 4.26. The van der Waals surface area contributed by atoms with Crippen LogP contribution in [0.2, 0.25) is 0 Å². The third-order valence-electron chi connectivity index (χ3n) is 2.70. The average molecular weight is 273 g/mol. The molecule has 5 nitrogen and oxygen atoms in total. The molecule has 0 aromatic carbocycles. The average Bonchev–Trinajstić information content (AvgIpc) is 2.52. The molecule has 20 heavy (non-hydrogen) atoms. The summed E-state index contributed by atoms with van der Waals surface area (Å²) in [5, 5.41) is 3.26. The second-order valence-corrected chi connectivity index (χ2v) is 4.26. The summed E-state index contributed by atoms with van der Waals surface area (Å²) in [6, 6.07) is 7.58. The highest BCUT2D eigenvalue weighted by molar-refractivity contribution is 5.49. The van der Waals surface area contributed by atoms with Gasteiger partial charge in [-0.1, -0.05) is 13.0 Å². The van der Waals surface area contributed by atoms with Crippen molar-refractivity contribution < 1.29 is 9.47 Å². The van der Waals surface area contributed by atoms with Gasteiger partial charge in [-0.2, -0.15) is 0 Å². The Hall–Kier alpha value is -2.30. The topological polar surface area (TPSA) is 56.3 Å². The number of aromatic nitrogens is 2. The van der Waals surface area contributed by atoms with Crippen LogP contribution in [0.3, 0.4) is 0 Å². The summed E-state index contributed by atoms with van der Waals surface area (Å²) in [6.45, 7) is 3.40. The summed E-state index contributed by atoms with van der Waals surface area (Å²) in [7, 11) is 1.60. The normalized spacial score (nSPS) is 10.1. The fourth-order valence-electron chi connectivity index (χ4n) is 1.67. The van der Waals surface area contributed by atoms with Crippen molar-refractivity contribution in [2.24, 2.45) is 0 Å². The van der Waals surface area contributed by atoms with Crippen LogP contribution in [-0.4, -0.2) is 23.7 Å². The minimum Gasteiger partial charge on any atom is -0.490 e. The lowest BCUT2D eigenvalue weighted by Gasteiger charge is -2.11. The Balaban J connectivity index is 1.98. The van der Waals surface area contributed by atoms with Crippen molar-refractivity contribution in [1.82, 2.24) is 9.97 Å². The number of nitrogens with one attached hydrogen (secondary N) is 1. The van der Waals surface area contributed by atoms with Crippen LogP contribution in [0.4, 0.5) is 5.82 Å². The van der Waals surface area contributed by atoms with Crippen LogP contribution in [0.15, 0.2) is 36.7 Å². The predicted octanol–water partition coefficient (Wildman–Crippen LogP) is 2.89. The molecule has 0 atom stereocenters. The molecule has 0 fully saturated rings. The van der Waals surface area contributed by atoms with E-state index in [1.165, 1.54) is 0 Å². The Kier molecular flexibility index (Phi) is 5.17. The number of nitrogens with zero attached hydrogens (tertiary/aromatic N) is 2. The van der Waals surface area contributed by atoms with E-state index in [9.17, 15) is 0 Å². The summed E-state index contributed by atoms with van der Waals surface area (Å²) in [5.74, 6) is 2.13. The van der Waals surface area contributed by atoms with E-state index in [1.54, 1.807) is 19.5 Å². The summed E-state index contributed by atoms with van der Waals surface area (Å²) in [4.78, 5) is 8.47. The van der Waals surface area contributed by atoms with E-state index in [-0.39, 0.29) is 0 Å². The van der Waals surface area contributed by atoms with Gasteiger partial charge in [-0.15, -0.1) is 0 Å². The molecule has 5 heteroatoms. The summed E-state index contributed by atoms with van der Waals surface area (Å²) >= 11 is 0. The largest absolute Gasteiger partial charge is 0.490 e. The van der Waals surface area contributed by atoms with Crippen LogP contribution >= 0.6 is 0 Å². The third kappa shape index (κ3) is 3.85. The molecule has 0 saturated heterocycles. The molecule has 0 spiro atoms. The number of hydrogen-bond donors (Lipinski definition) is 1. The number of ether oxygens (including phenoxy) is 2. The molecule has 0 bridgehead atoms. The van der Waals surface area contributed by atoms with E-state index >= 15 is 0 Å². The molecular weight excluding hydrogens is 254 g/mol. The molecule has 2 rings (SSSR count). The van der Waals surface area contributed by atoms with Crippen molar-refractivity contribution in [2.45, 2.75) is 19.9 Å². The summed E-state index contributed by atoms with van der Waals surface area (Å²) < 4.78 is 10.7. The molecular formula is C15H19N3O2. The van der Waals surface area contributed by atoms with E-state index < -0.39 is 0 Å². The lowest BCUT2D eigenvalue weighted by atomic mass is 10.3. The zero-order chi connectivity index (χ0) is 14.2. The van der Waals surface area contributed by atoms with Crippen molar-refractivity contribution in [3.05, 3.63) is 42.2 Å². The maximum absolute atomic E-state index is 5.65. The molecule has 0 saturated carbocycles. The first-order valence-corrected chi connectivity index (χ1v) is 6.64. The molecule has 0 amide bonds. The maximum Gasteiger partial charge on any atom is 0.212 e. The first kappa shape index (κ1) is 14.1. The fraction of sp³-hybridized carbons (Fsp3) is 0.333. The lowest BCUT2D eigenvalue weighted by molar-refractivity contribution is 0.318. The predicted molar refractivity (Wildman–Crippen MR) is 78.1 cm³/mol. The monoisotopic (exact) mass is 273 g/mol. The lowest BCUT2D eigenvalue weighted by Crippen LogP contribution is -2.05. The van der Waals surface area contributed by atoms with E-state index in [2.05, 4.69) is 22.2 Å². The quantitative estimate of drug-likeness (QED) is 0.840. The molecule has 106 valence electrons. The molecule has 0 aliphatic rings. The van der Waals surface area contributed by atoms with Crippen molar-refractivity contribution in [2.75, 3.05) is 19.0 Å². The zero-order valence-corrected chi connectivity index (χ0v) is 11.8. The Morgan fingerprint density at radius 1 is 1.20 bits per heavy atom. The number of hydrogen-bond acceptors (Lipinski definition) is 5. The highest BCUT2D eigenvalue weighted by Crippen LogP contribution is 2.21. The molecule has 2 aromatic heterocycles. The van der Waals surface area contributed by atoms with Crippen molar-refractivity contribution >= 4 is 5.82 Å². The van der Waals surface area contributed by atoms with Crippen LogP contribution in [-0.2, 0) is 6.54 Å². The first-order chi connectivity index (χ1) is 9.83. The van der Waals surface area contributed by atoms with Gasteiger partial charge in [0, 0.05) is 25.0 Å². The number of methoxy groups -OCH3 is 1. The van der Waals surface area contributed by atoms with Crippen LogP contribution < -0.4 is 14.8 Å². The number of rotatable bonds is 7. The Morgan fingerprint density at radius 2 is 2.10 bits per heavy atom. The number of pyridine rings is 2. The Labute approximate surface area is 119 Å². The maximum atomic E-state index is 5.65. The summed E-state index contributed by atoms with van der Waals surface area (Å²) in [6.07, 6.45) is 4.49. The standard InChI is InChI=1S/C15H19N3O2/c1-3-9-20-13-5-4-8-16-15(13)18-11-12-6-7-14(19-2)17-10-12/h4-8,10H,3,9,11H2,1-2H3,(H,16,18). The summed E-state index contributed by atoms with van der Waals surface area (Å²) in [5.41, 5.74) is 1.05. The van der Waals surface area contributed by atoms with Crippen molar-refractivity contribution in [3.63, 3.8) is 0 Å². The van der Waals surface area contributed by atoms with Crippen LogP contribution in [0.5, 0.6) is 11.6 Å². The second kappa shape index (κ2) is 7.33. The van der Waals surface area contributed by atoms with E-state index in [1.807, 2.05) is 24.3 Å². The molecule has 2 aromatic rings. The van der Waals surface area contributed by atoms with Gasteiger partial charge in [-0.3, -0.25) is 0 Å². The third-order valence-corrected chi connectivity index (χ3v) is 2.70. The molecule has 1 N–H and O–H groups in total. The van der Waals surface area contributed by atoms with Crippen LogP contribution in [0.1, 0.15) is 18.9 Å². The molecule has 0 aliphatic carbocycles. The molecule has 0 radical (unpaired) electrons. The van der Waals surface area contributed by atoms with Gasteiger partial charge >= 0.3 is 0 Å². The minimum absolute atomic E-state index is 0.610. The SMILES string of the molecule is CCCOc1cccnc1NCc1ccc(OC)nc1. The van der Waals surface area contributed by atoms with Crippen molar-refractivity contribution in [1.29, 1.82) is 0 Å². The fourth-order valence-corrected chi connectivity index (χ4v) is 1.67.